The number of imidazole rings is 1. The summed E-state index contributed by atoms with van der Waals surface area (Å²) in [5.74, 6) is 0.838. The molecule has 2 aromatic rings. The molecule has 0 saturated heterocycles. The lowest BCUT2D eigenvalue weighted by molar-refractivity contribution is 0.0605. The number of hydrogen-bond donors (Lipinski definition) is 4. The fourth-order valence-electron chi connectivity index (χ4n) is 3.03. The van der Waals surface area contributed by atoms with E-state index in [2.05, 4.69) is 20.3 Å². The van der Waals surface area contributed by atoms with Crippen molar-refractivity contribution in [2.45, 2.75) is 37.5 Å². The van der Waals surface area contributed by atoms with E-state index in [1.807, 2.05) is 16.7 Å². The Morgan fingerprint density at radius 2 is 2.17 bits per heavy atom. The van der Waals surface area contributed by atoms with Gasteiger partial charge < -0.3 is 25.8 Å². The summed E-state index contributed by atoms with van der Waals surface area (Å²) in [6.07, 6.45) is 7.92. The Bertz CT molecular complexity index is 754. The van der Waals surface area contributed by atoms with Crippen molar-refractivity contribution in [2.75, 3.05) is 17.7 Å². The molecule has 8 heteroatoms. The maximum atomic E-state index is 9.80. The molecule has 0 bridgehead atoms. The number of allylic oxidation sites excluding steroid dienone is 1. The number of nitrogens with two attached hydrogens (primary N) is 1. The van der Waals surface area contributed by atoms with Gasteiger partial charge in [0, 0.05) is 12.0 Å². The van der Waals surface area contributed by atoms with Gasteiger partial charge in [-0.25, -0.2) is 4.98 Å². The highest BCUT2D eigenvalue weighted by Crippen LogP contribution is 2.34. The molecule has 0 unspecified atom stereocenters. The van der Waals surface area contributed by atoms with Crippen molar-refractivity contribution >= 4 is 22.9 Å². The Balaban J connectivity index is 1.66. The predicted octanol–water partition coefficient (Wildman–Crippen LogP) is 0.453. The zero-order valence-electron chi connectivity index (χ0n) is 12.6. The number of aromatic nitrogens is 4. The van der Waals surface area contributed by atoms with Gasteiger partial charge in [0.15, 0.2) is 17.0 Å². The molecule has 2 aliphatic carbocycles. The number of nitrogens with one attached hydrogen (secondary N) is 1. The van der Waals surface area contributed by atoms with E-state index < -0.39 is 6.10 Å². The van der Waals surface area contributed by atoms with Crippen LogP contribution in [-0.4, -0.2) is 48.5 Å². The van der Waals surface area contributed by atoms with Gasteiger partial charge in [0.1, 0.15) is 0 Å². The lowest BCUT2D eigenvalue weighted by Gasteiger charge is -2.17. The fraction of sp³-hybridized carbons (Fsp3) is 0.533. The van der Waals surface area contributed by atoms with Crippen LogP contribution in [0.3, 0.4) is 0 Å². The number of fused-ring (bicyclic) bond motifs is 1. The molecule has 23 heavy (non-hydrogen) atoms. The maximum Gasteiger partial charge on any atom is 0.224 e. The molecule has 0 aliphatic heterocycles. The Morgan fingerprint density at radius 3 is 2.91 bits per heavy atom. The summed E-state index contributed by atoms with van der Waals surface area (Å²) in [6.45, 7) is -0.239. The summed E-state index contributed by atoms with van der Waals surface area (Å²) in [5, 5.41) is 22.2. The minimum atomic E-state index is -0.738. The molecule has 5 N–H and O–H groups in total. The van der Waals surface area contributed by atoms with Crippen molar-refractivity contribution in [3.63, 3.8) is 0 Å². The number of hydrogen-bond acceptors (Lipinski definition) is 7. The first-order valence-electron chi connectivity index (χ1n) is 7.89. The summed E-state index contributed by atoms with van der Waals surface area (Å²) in [6, 6.07) is 0.488. The van der Waals surface area contributed by atoms with Gasteiger partial charge in [-0.2, -0.15) is 9.97 Å². The average molecular weight is 316 g/mol. The number of nitrogen functional groups attached to an aromatic ring is 1. The molecule has 1 saturated carbocycles. The highest BCUT2D eigenvalue weighted by Gasteiger charge is 2.28. The van der Waals surface area contributed by atoms with Crippen LogP contribution in [0.4, 0.5) is 11.8 Å². The topological polar surface area (TPSA) is 122 Å². The summed E-state index contributed by atoms with van der Waals surface area (Å²) < 4.78 is 1.95. The van der Waals surface area contributed by atoms with E-state index in [0.29, 0.717) is 29.4 Å². The SMILES string of the molecule is Nc1nc(NC2CC2)c2ncn([C@H]3C=C[C@@H]([C@@H](O)CO)C3)c2n1. The largest absolute Gasteiger partial charge is 0.394 e. The van der Waals surface area contributed by atoms with E-state index in [1.54, 1.807) is 6.33 Å². The van der Waals surface area contributed by atoms with Crippen LogP contribution >= 0.6 is 0 Å². The first-order chi connectivity index (χ1) is 11.2. The van der Waals surface area contributed by atoms with Crippen molar-refractivity contribution in [3.8, 4) is 0 Å². The molecule has 0 radical (unpaired) electrons. The number of aliphatic hydroxyl groups is 2. The van der Waals surface area contributed by atoms with Gasteiger partial charge in [-0.15, -0.1) is 0 Å². The number of nitrogens with zero attached hydrogens (tertiary/aromatic N) is 4. The van der Waals surface area contributed by atoms with Crippen molar-refractivity contribution in [1.82, 2.24) is 19.5 Å². The Kier molecular flexibility index (Phi) is 3.42. The van der Waals surface area contributed by atoms with E-state index in [4.69, 9.17) is 10.8 Å². The van der Waals surface area contributed by atoms with Crippen LogP contribution in [0.5, 0.6) is 0 Å². The van der Waals surface area contributed by atoms with E-state index in [9.17, 15) is 5.11 Å². The van der Waals surface area contributed by atoms with Crippen LogP contribution in [-0.2, 0) is 0 Å². The second-order valence-electron chi connectivity index (χ2n) is 6.27. The van der Waals surface area contributed by atoms with Crippen molar-refractivity contribution in [3.05, 3.63) is 18.5 Å². The summed E-state index contributed by atoms with van der Waals surface area (Å²) in [5.41, 5.74) is 7.25. The molecule has 4 rings (SSSR count). The van der Waals surface area contributed by atoms with E-state index >= 15 is 0 Å². The smallest absolute Gasteiger partial charge is 0.224 e. The van der Waals surface area contributed by atoms with Crippen LogP contribution in [0.15, 0.2) is 18.5 Å². The van der Waals surface area contributed by atoms with Crippen LogP contribution in [0, 0.1) is 5.92 Å². The molecular weight excluding hydrogens is 296 g/mol. The zero-order chi connectivity index (χ0) is 16.0. The normalized spacial score (nSPS) is 25.1. The molecule has 2 heterocycles. The van der Waals surface area contributed by atoms with Gasteiger partial charge >= 0.3 is 0 Å². The zero-order valence-corrected chi connectivity index (χ0v) is 12.6. The molecular formula is C15H20N6O2. The van der Waals surface area contributed by atoms with E-state index in [0.717, 1.165) is 12.8 Å². The molecule has 0 aromatic carbocycles. The Hall–Kier alpha value is -2.19. The number of rotatable bonds is 5. The molecule has 2 aromatic heterocycles. The molecule has 0 amide bonds. The number of aliphatic hydroxyl groups excluding tert-OH is 2. The van der Waals surface area contributed by atoms with Gasteiger partial charge in [-0.1, -0.05) is 12.2 Å². The minimum absolute atomic E-state index is 0.0364. The third-order valence-electron chi connectivity index (χ3n) is 4.49. The standard InChI is InChI=1S/C15H20N6O2/c16-15-19-13(18-9-2-3-9)12-14(20-15)21(7-17-12)10-4-1-8(5-10)11(23)6-22/h1,4,7-11,22-23H,2-3,5-6H2,(H3,16,18,19,20)/t8-,10+,11+/m1/s1. The average Bonchev–Trinajstić information content (AvgIpc) is 3.06. The van der Waals surface area contributed by atoms with Gasteiger partial charge in [-0.05, 0) is 19.3 Å². The second-order valence-corrected chi connectivity index (χ2v) is 6.27. The van der Waals surface area contributed by atoms with Crippen LogP contribution in [0.1, 0.15) is 25.3 Å². The highest BCUT2D eigenvalue weighted by atomic mass is 16.3. The minimum Gasteiger partial charge on any atom is -0.394 e. The first-order valence-corrected chi connectivity index (χ1v) is 7.89. The van der Waals surface area contributed by atoms with Gasteiger partial charge in [-0.3, -0.25) is 0 Å². The van der Waals surface area contributed by atoms with Crippen molar-refractivity contribution < 1.29 is 10.2 Å². The first kappa shape index (κ1) is 14.4. The van der Waals surface area contributed by atoms with E-state index in [-0.39, 0.29) is 24.5 Å². The molecule has 1 fully saturated rings. The lowest BCUT2D eigenvalue weighted by atomic mass is 10.0. The van der Waals surface area contributed by atoms with Gasteiger partial charge in [0.2, 0.25) is 5.95 Å². The second kappa shape index (κ2) is 5.47. The van der Waals surface area contributed by atoms with Crippen LogP contribution in [0.2, 0.25) is 0 Å². The highest BCUT2D eigenvalue weighted by molar-refractivity contribution is 5.84. The van der Waals surface area contributed by atoms with Gasteiger partial charge in [0.25, 0.3) is 0 Å². The van der Waals surface area contributed by atoms with Crippen LogP contribution in [0.25, 0.3) is 11.2 Å². The summed E-state index contributed by atoms with van der Waals surface area (Å²) >= 11 is 0. The quantitative estimate of drug-likeness (QED) is 0.591. The Morgan fingerprint density at radius 1 is 1.35 bits per heavy atom. The molecule has 122 valence electrons. The molecule has 2 aliphatic rings. The van der Waals surface area contributed by atoms with Crippen molar-refractivity contribution in [2.24, 2.45) is 5.92 Å². The number of anilines is 2. The lowest BCUT2D eigenvalue weighted by Crippen LogP contribution is -2.22. The fourth-order valence-corrected chi connectivity index (χ4v) is 3.03. The third kappa shape index (κ3) is 2.64. The molecule has 8 nitrogen and oxygen atoms in total. The maximum absolute atomic E-state index is 9.80. The Labute approximate surface area is 133 Å². The van der Waals surface area contributed by atoms with Crippen LogP contribution < -0.4 is 11.1 Å². The van der Waals surface area contributed by atoms with Crippen molar-refractivity contribution in [1.29, 1.82) is 0 Å². The summed E-state index contributed by atoms with van der Waals surface area (Å²) in [7, 11) is 0. The monoisotopic (exact) mass is 316 g/mol. The van der Waals surface area contributed by atoms with E-state index in [1.165, 1.54) is 0 Å². The molecule has 3 atom stereocenters. The summed E-state index contributed by atoms with van der Waals surface area (Å²) in [4.78, 5) is 13.1. The molecule has 0 spiro atoms. The van der Waals surface area contributed by atoms with Gasteiger partial charge in [0.05, 0.1) is 25.1 Å². The third-order valence-corrected chi connectivity index (χ3v) is 4.49. The predicted molar refractivity (Wildman–Crippen MR) is 85.8 cm³/mol.